The molecule has 0 bridgehead atoms. The second-order valence-corrected chi connectivity index (χ2v) is 7.63. The highest BCUT2D eigenvalue weighted by Crippen LogP contribution is 2.33. The molecule has 0 unspecified atom stereocenters. The molecule has 0 saturated heterocycles. The lowest BCUT2D eigenvalue weighted by molar-refractivity contribution is -0.115. The van der Waals surface area contributed by atoms with E-state index < -0.39 is 17.6 Å². The normalized spacial score (nSPS) is 10.9. The smallest absolute Gasteiger partial charge is 0.262 e. The van der Waals surface area contributed by atoms with E-state index in [1.54, 1.807) is 24.3 Å². The van der Waals surface area contributed by atoms with Gasteiger partial charge in [0.1, 0.15) is 5.82 Å². The zero-order valence-electron chi connectivity index (χ0n) is 15.3. The van der Waals surface area contributed by atoms with Crippen LogP contribution in [0.15, 0.2) is 36.4 Å². The van der Waals surface area contributed by atoms with Crippen molar-refractivity contribution in [3.63, 3.8) is 0 Å². The topological polar surface area (TPSA) is 67.4 Å². The molecule has 146 valence electrons. The first-order valence-corrected chi connectivity index (χ1v) is 9.63. The highest BCUT2D eigenvalue weighted by Gasteiger charge is 2.21. The van der Waals surface area contributed by atoms with Crippen molar-refractivity contribution in [1.82, 2.24) is 5.32 Å². The molecule has 3 rings (SSSR count). The van der Waals surface area contributed by atoms with Gasteiger partial charge >= 0.3 is 0 Å². The first kappa shape index (κ1) is 20.3. The van der Waals surface area contributed by atoms with E-state index in [4.69, 9.17) is 16.3 Å². The Hall–Kier alpha value is -2.48. The number of methoxy groups -OCH3 is 1. The van der Waals surface area contributed by atoms with Gasteiger partial charge in [0.25, 0.3) is 5.91 Å². The maximum atomic E-state index is 14.2. The summed E-state index contributed by atoms with van der Waals surface area (Å²) in [5, 5.41) is 6.01. The second kappa shape index (κ2) is 8.68. The van der Waals surface area contributed by atoms with Crippen molar-refractivity contribution in [2.45, 2.75) is 13.5 Å². The molecule has 28 heavy (non-hydrogen) atoms. The molecule has 2 N–H and O–H groups in total. The molecule has 0 aliphatic rings. The number of anilines is 1. The van der Waals surface area contributed by atoms with Crippen molar-refractivity contribution < 1.29 is 18.7 Å². The molecule has 3 aromatic rings. The minimum Gasteiger partial charge on any atom is -0.380 e. The third-order valence-electron chi connectivity index (χ3n) is 4.07. The van der Waals surface area contributed by atoms with Crippen molar-refractivity contribution in [2.75, 3.05) is 19.0 Å². The molecule has 0 saturated carbocycles. The molecule has 8 heteroatoms. The van der Waals surface area contributed by atoms with Crippen LogP contribution >= 0.6 is 22.9 Å². The van der Waals surface area contributed by atoms with Crippen molar-refractivity contribution in [3.8, 4) is 0 Å². The van der Waals surface area contributed by atoms with Gasteiger partial charge in [-0.1, -0.05) is 23.7 Å². The van der Waals surface area contributed by atoms with Crippen molar-refractivity contribution >= 4 is 50.5 Å². The summed E-state index contributed by atoms with van der Waals surface area (Å²) in [5.41, 5.74) is 1.91. The number of amides is 2. The molecular formula is C20H18ClFN2O3S. The van der Waals surface area contributed by atoms with Gasteiger partial charge in [-0.2, -0.15) is 0 Å². The van der Waals surface area contributed by atoms with Gasteiger partial charge in [0.15, 0.2) is 0 Å². The van der Waals surface area contributed by atoms with Crippen molar-refractivity contribution in [2.24, 2.45) is 0 Å². The molecular weight excluding hydrogens is 403 g/mol. The Morgan fingerprint density at radius 2 is 2.04 bits per heavy atom. The summed E-state index contributed by atoms with van der Waals surface area (Å²) in [4.78, 5) is 25.1. The Morgan fingerprint density at radius 1 is 1.25 bits per heavy atom. The van der Waals surface area contributed by atoms with Gasteiger partial charge in [-0.3, -0.25) is 9.59 Å². The lowest BCUT2D eigenvalue weighted by Crippen LogP contribution is -2.33. The maximum absolute atomic E-state index is 14.2. The highest BCUT2D eigenvalue weighted by atomic mass is 35.5. The molecule has 0 aliphatic heterocycles. The summed E-state index contributed by atoms with van der Waals surface area (Å²) >= 11 is 7.26. The van der Waals surface area contributed by atoms with Crippen LogP contribution in [-0.4, -0.2) is 25.5 Å². The number of aryl methyl sites for hydroxylation is 1. The van der Waals surface area contributed by atoms with Crippen LogP contribution in [0.5, 0.6) is 0 Å². The van der Waals surface area contributed by atoms with Crippen LogP contribution < -0.4 is 10.6 Å². The SMILES string of the molecule is COCc1c(C(=O)NCC(=O)Nc2ccc(C)cc2Cl)sc2cccc(F)c12. The summed E-state index contributed by atoms with van der Waals surface area (Å²) in [6, 6.07) is 9.93. The van der Waals surface area contributed by atoms with E-state index in [1.807, 2.05) is 13.0 Å². The fraction of sp³-hybridized carbons (Fsp3) is 0.200. The number of nitrogens with one attached hydrogen (secondary N) is 2. The molecule has 0 radical (unpaired) electrons. The summed E-state index contributed by atoms with van der Waals surface area (Å²) < 4.78 is 20.0. The van der Waals surface area contributed by atoms with E-state index in [-0.39, 0.29) is 13.2 Å². The Morgan fingerprint density at radius 3 is 2.75 bits per heavy atom. The van der Waals surface area contributed by atoms with Gasteiger partial charge in [-0.05, 0) is 36.8 Å². The fourth-order valence-corrected chi connectivity index (χ4v) is 4.21. The predicted octanol–water partition coefficient (Wildman–Crippen LogP) is 4.52. The van der Waals surface area contributed by atoms with E-state index in [2.05, 4.69) is 10.6 Å². The van der Waals surface area contributed by atoms with Crippen molar-refractivity contribution in [1.29, 1.82) is 0 Å². The molecule has 1 aromatic heterocycles. The number of benzene rings is 2. The van der Waals surface area contributed by atoms with Crippen LogP contribution in [0.1, 0.15) is 20.8 Å². The van der Waals surface area contributed by atoms with Gasteiger partial charge in [0, 0.05) is 22.8 Å². The van der Waals surface area contributed by atoms with Gasteiger partial charge in [0.2, 0.25) is 5.91 Å². The Bertz CT molecular complexity index is 1050. The average molecular weight is 421 g/mol. The Labute approximate surface area is 170 Å². The van der Waals surface area contributed by atoms with Crippen LogP contribution in [0.3, 0.4) is 0 Å². The molecule has 0 spiro atoms. The summed E-state index contributed by atoms with van der Waals surface area (Å²) in [6.07, 6.45) is 0. The number of fused-ring (bicyclic) bond motifs is 1. The van der Waals surface area contributed by atoms with E-state index >= 15 is 0 Å². The Kier molecular flexibility index (Phi) is 6.28. The van der Waals surface area contributed by atoms with Gasteiger partial charge in [-0.15, -0.1) is 11.3 Å². The molecule has 0 fully saturated rings. The number of ether oxygens (including phenoxy) is 1. The van der Waals surface area contributed by atoms with Gasteiger partial charge < -0.3 is 15.4 Å². The number of hydrogen-bond donors (Lipinski definition) is 2. The predicted molar refractivity (Wildman–Crippen MR) is 110 cm³/mol. The summed E-state index contributed by atoms with van der Waals surface area (Å²) in [5.74, 6) is -1.29. The van der Waals surface area contributed by atoms with Crippen LogP contribution in [0.4, 0.5) is 10.1 Å². The molecule has 0 aliphatic carbocycles. The Balaban J connectivity index is 1.73. The quantitative estimate of drug-likeness (QED) is 0.616. The van der Waals surface area contributed by atoms with E-state index in [1.165, 1.54) is 13.2 Å². The lowest BCUT2D eigenvalue weighted by atomic mass is 10.1. The van der Waals surface area contributed by atoms with Crippen LogP contribution in [0.25, 0.3) is 10.1 Å². The zero-order valence-corrected chi connectivity index (χ0v) is 16.8. The first-order chi connectivity index (χ1) is 13.4. The molecule has 2 amide bonds. The van der Waals surface area contributed by atoms with Crippen LogP contribution in [-0.2, 0) is 16.1 Å². The fourth-order valence-electron chi connectivity index (χ4n) is 2.79. The number of halogens is 2. The van der Waals surface area contributed by atoms with E-state index in [0.29, 0.717) is 31.2 Å². The molecule has 2 aromatic carbocycles. The first-order valence-electron chi connectivity index (χ1n) is 8.43. The third-order valence-corrected chi connectivity index (χ3v) is 5.58. The maximum Gasteiger partial charge on any atom is 0.262 e. The van der Waals surface area contributed by atoms with Crippen LogP contribution in [0.2, 0.25) is 5.02 Å². The minimum absolute atomic E-state index is 0.0921. The summed E-state index contributed by atoms with van der Waals surface area (Å²) in [7, 11) is 1.48. The van der Waals surface area contributed by atoms with Crippen molar-refractivity contribution in [3.05, 3.63) is 63.2 Å². The number of hydrogen-bond acceptors (Lipinski definition) is 4. The average Bonchev–Trinajstić information content (AvgIpc) is 3.02. The lowest BCUT2D eigenvalue weighted by Gasteiger charge is -2.09. The van der Waals surface area contributed by atoms with Crippen LogP contribution in [0, 0.1) is 12.7 Å². The number of carbonyl (C=O) groups is 2. The molecule has 0 atom stereocenters. The minimum atomic E-state index is -0.460. The monoisotopic (exact) mass is 420 g/mol. The standard InChI is InChI=1S/C20H18ClFN2O3S/c1-11-6-7-15(13(21)8-11)24-17(25)9-23-20(26)19-12(10-27-2)18-14(22)4-3-5-16(18)28-19/h3-8H,9-10H2,1-2H3,(H,23,26)(H,24,25). The number of carbonyl (C=O) groups excluding carboxylic acids is 2. The van der Waals surface area contributed by atoms with Gasteiger partial charge in [0.05, 0.1) is 28.7 Å². The van der Waals surface area contributed by atoms with E-state index in [0.717, 1.165) is 16.9 Å². The highest BCUT2D eigenvalue weighted by molar-refractivity contribution is 7.21. The second-order valence-electron chi connectivity index (χ2n) is 6.17. The van der Waals surface area contributed by atoms with E-state index in [9.17, 15) is 14.0 Å². The number of rotatable bonds is 6. The third kappa shape index (κ3) is 4.32. The largest absolute Gasteiger partial charge is 0.380 e. The number of thiophene rings is 1. The zero-order chi connectivity index (χ0) is 20.3. The molecule has 1 heterocycles. The summed E-state index contributed by atoms with van der Waals surface area (Å²) in [6.45, 7) is 1.74. The molecule has 5 nitrogen and oxygen atoms in total. The van der Waals surface area contributed by atoms with Gasteiger partial charge in [-0.25, -0.2) is 4.39 Å².